The summed E-state index contributed by atoms with van der Waals surface area (Å²) in [5.74, 6) is -1.16. The molecule has 11 aromatic rings. The molecular formula is C51B32N4O. The van der Waals surface area contributed by atoms with Crippen molar-refractivity contribution in [2.24, 2.45) is 0 Å². The third-order valence-corrected chi connectivity index (χ3v) is 16.3. The monoisotopic (exact) mass is 1040 g/mol. The molecule has 64 radical (unpaired) electrons. The average Bonchev–Trinajstić information content (AvgIpc) is 1.53. The number of hydrogen-bond donors (Lipinski definition) is 0. The molecule has 0 aliphatic carbocycles. The molecule has 3 aromatic heterocycles. The Hall–Kier alpha value is -5.55. The molecule has 0 atom stereocenters. The van der Waals surface area contributed by atoms with E-state index in [4.69, 9.17) is 270 Å². The molecule has 3 heterocycles. The molecule has 5 nitrogen and oxygen atoms in total. The Balaban J connectivity index is 1.29. The van der Waals surface area contributed by atoms with E-state index in [0.717, 1.165) is 0 Å². The van der Waals surface area contributed by atoms with E-state index in [1.807, 2.05) is 0 Å². The summed E-state index contributed by atoms with van der Waals surface area (Å²) < 4.78 is 8.07. The van der Waals surface area contributed by atoms with E-state index in [-0.39, 0.29) is 269 Å². The van der Waals surface area contributed by atoms with Crippen molar-refractivity contribution in [3.63, 3.8) is 0 Å². The Labute approximate surface area is 551 Å². The SMILES string of the molecule is [B]c1c([B])c([B])c(-c2nc(-c3c([B])c([B])c([B])c(-c4c([B])c([B])c([B])c([B])c4[B])c3[B])nc(-c3c([B])c([B])c4c(oc5c([B])c([B])c([B])c(-n6c7c([B])c([B])c([B])c([B])c7c7c([B])c(-c8c([B])c([B])c([B])c([B])c8[B])c([B])c([B])c76)c54)c3[B])n2)c([B])c1[B]. The van der Waals surface area contributed by atoms with Gasteiger partial charge in [0.15, 0.2) is 17.5 Å². The van der Waals surface area contributed by atoms with Crippen LogP contribution in [-0.2, 0) is 0 Å². The van der Waals surface area contributed by atoms with Gasteiger partial charge in [0, 0.05) is 38.5 Å². The fraction of sp³-hybridized carbons (Fsp3) is 0. The van der Waals surface area contributed by atoms with E-state index in [2.05, 4.69) is 0 Å². The number of fused-ring (bicyclic) bond motifs is 6. The molecule has 11 rings (SSSR count). The van der Waals surface area contributed by atoms with Crippen LogP contribution in [0, 0.1) is 0 Å². The maximum Gasteiger partial charge on any atom is 0.163 e. The van der Waals surface area contributed by atoms with Crippen LogP contribution in [0.25, 0.3) is 106 Å². The maximum absolute atomic E-state index is 7.26. The summed E-state index contributed by atoms with van der Waals surface area (Å²) in [6, 6.07) is 0. The molecule has 88 heavy (non-hydrogen) atoms. The first kappa shape index (κ1) is 64.0. The van der Waals surface area contributed by atoms with Crippen LogP contribution >= 0.6 is 0 Å². The van der Waals surface area contributed by atoms with Gasteiger partial charge in [0.1, 0.15) is 262 Å². The fourth-order valence-electron chi connectivity index (χ4n) is 11.4. The van der Waals surface area contributed by atoms with Crippen LogP contribution in [0.3, 0.4) is 0 Å². The predicted octanol–water partition coefficient (Wildman–Crippen LogP) is -25.4. The van der Waals surface area contributed by atoms with Crippen LogP contribution in [0.1, 0.15) is 0 Å². The van der Waals surface area contributed by atoms with Crippen molar-refractivity contribution >= 4 is 470 Å². The van der Waals surface area contributed by atoms with Crippen molar-refractivity contribution in [2.75, 3.05) is 0 Å². The summed E-state index contributed by atoms with van der Waals surface area (Å²) in [7, 11) is 214. The van der Waals surface area contributed by atoms with Crippen molar-refractivity contribution < 1.29 is 4.42 Å². The van der Waals surface area contributed by atoms with Crippen molar-refractivity contribution in [3.05, 3.63) is 0 Å². The van der Waals surface area contributed by atoms with Crippen LogP contribution in [0.15, 0.2) is 4.42 Å². The van der Waals surface area contributed by atoms with Crippen LogP contribution in [-0.4, -0.2) is 271 Å². The van der Waals surface area contributed by atoms with Crippen LogP contribution in [0.5, 0.6) is 0 Å². The summed E-state index contributed by atoms with van der Waals surface area (Å²) in [6.07, 6.45) is 0. The summed E-state index contributed by atoms with van der Waals surface area (Å²) >= 11 is 0. The van der Waals surface area contributed by atoms with E-state index >= 15 is 0 Å². The van der Waals surface area contributed by atoms with Crippen LogP contribution in [0.2, 0.25) is 0 Å². The lowest BCUT2D eigenvalue weighted by Gasteiger charge is -2.28. The van der Waals surface area contributed by atoms with Gasteiger partial charge in [0.05, 0.1) is 11.1 Å². The molecule has 37 heteroatoms. The molecule has 0 aliphatic rings. The molecule has 0 unspecified atom stereocenters. The highest BCUT2D eigenvalue weighted by Gasteiger charge is 2.32. The molecule has 0 bridgehead atoms. The van der Waals surface area contributed by atoms with E-state index in [9.17, 15) is 0 Å². The number of hydrogen-bond acceptors (Lipinski definition) is 4. The van der Waals surface area contributed by atoms with Gasteiger partial charge in [-0.1, -0.05) is 98.3 Å². The van der Waals surface area contributed by atoms with Gasteiger partial charge in [-0.15, -0.1) is 71.0 Å². The first-order valence-electron chi connectivity index (χ1n) is 25.4. The molecule has 0 N–H and O–H groups in total. The second-order valence-corrected chi connectivity index (χ2v) is 20.8. The third kappa shape index (κ3) is 8.64. The minimum absolute atomic E-state index is 0.0134. The zero-order chi connectivity index (χ0) is 64.9. The minimum atomic E-state index is -0.404. The second-order valence-electron chi connectivity index (χ2n) is 20.8. The maximum atomic E-state index is 7.26. The number of nitrogens with zero attached hydrogens (tertiary/aromatic N) is 4. The zero-order valence-electron chi connectivity index (χ0n) is 46.2. The lowest BCUT2D eigenvalue weighted by Crippen LogP contribution is -2.57. The standard InChI is InChI=1S/C51B32N4O/c52-12-1(3-15(55)28(68)35(75)29(69)16(3)56)19(59)40(80)44-5(12)6-20(60)32(72)38(78)41(81)45(6)87(44)46-8-7-21(61)22(62)11(26(66)47(7)88-48(8)43(83)39(79)42(46)82)51-85-49(84-50(86-51)10-24(64)33(73)37(77)34(74)25(10)65)9-13(53)2(14(54)27(67)23(9)63)4-17(57)30(70)36(76)31(71)18(4)58. The quantitative estimate of drug-likeness (QED) is 0.156. The van der Waals surface area contributed by atoms with E-state index < -0.39 is 11.6 Å². The Bertz CT molecular complexity index is 5050. The average molecular weight is 1030 g/mol. The van der Waals surface area contributed by atoms with Gasteiger partial charge < -0.3 is 8.98 Å². The van der Waals surface area contributed by atoms with Crippen molar-refractivity contribution in [3.8, 4) is 62.1 Å². The molecule has 8 aromatic carbocycles. The Morgan fingerprint density at radius 3 is 0.841 bits per heavy atom. The first-order valence-corrected chi connectivity index (χ1v) is 25.4. The largest absolute Gasteiger partial charge is 0.457 e. The Morgan fingerprint density at radius 2 is 0.420 bits per heavy atom. The summed E-state index contributed by atoms with van der Waals surface area (Å²) in [5, 5.41) is 0.0174. The highest BCUT2D eigenvalue weighted by Crippen LogP contribution is 2.36. The van der Waals surface area contributed by atoms with E-state index in [1.165, 1.54) is 4.57 Å². The predicted molar refractivity (Wildman–Crippen MR) is 401 cm³/mol. The minimum Gasteiger partial charge on any atom is -0.457 e. The number of furan rings is 1. The Morgan fingerprint density at radius 1 is 0.182 bits per heavy atom. The van der Waals surface area contributed by atoms with Gasteiger partial charge in [-0.05, 0) is 33.1 Å². The summed E-state index contributed by atoms with van der Waals surface area (Å²) in [6.45, 7) is 0. The number of rotatable bonds is 6. The summed E-state index contributed by atoms with van der Waals surface area (Å²) in [5.41, 5.74) is -8.00. The molecule has 326 valence electrons. The van der Waals surface area contributed by atoms with Gasteiger partial charge >= 0.3 is 0 Å². The third-order valence-electron chi connectivity index (χ3n) is 16.3. The van der Waals surface area contributed by atoms with Gasteiger partial charge in [-0.2, -0.15) is 0 Å². The molecular weight excluding hydrogens is 1030 g/mol. The second kappa shape index (κ2) is 22.1. The van der Waals surface area contributed by atoms with Gasteiger partial charge in [-0.25, -0.2) is 15.0 Å². The molecule has 0 spiro atoms. The first-order chi connectivity index (χ1) is 41.1. The van der Waals surface area contributed by atoms with Gasteiger partial charge in [0.2, 0.25) is 0 Å². The lowest BCUT2D eigenvalue weighted by atomic mass is 9.56. The smallest absolute Gasteiger partial charge is 0.163 e. The van der Waals surface area contributed by atoms with Crippen molar-refractivity contribution in [1.82, 2.24) is 19.5 Å². The topological polar surface area (TPSA) is 56.7 Å². The van der Waals surface area contributed by atoms with Crippen LogP contribution < -0.4 is 175 Å². The number of aromatic nitrogens is 4. The molecule has 0 fully saturated rings. The number of benzene rings is 8. The van der Waals surface area contributed by atoms with Gasteiger partial charge in [-0.3, -0.25) is 0 Å². The molecule has 0 saturated carbocycles. The lowest BCUT2D eigenvalue weighted by molar-refractivity contribution is 0.674. The molecule has 0 amide bonds. The van der Waals surface area contributed by atoms with E-state index in [0.29, 0.717) is 0 Å². The highest BCUT2D eigenvalue weighted by molar-refractivity contribution is 6.76. The van der Waals surface area contributed by atoms with Gasteiger partial charge in [0.25, 0.3) is 0 Å². The van der Waals surface area contributed by atoms with Crippen molar-refractivity contribution in [1.29, 1.82) is 0 Å². The van der Waals surface area contributed by atoms with Crippen LogP contribution in [0.4, 0.5) is 0 Å². The normalized spacial score (nSPS) is 11.7. The Kier molecular flexibility index (Phi) is 16.1. The van der Waals surface area contributed by atoms with E-state index in [1.54, 1.807) is 0 Å². The zero-order valence-corrected chi connectivity index (χ0v) is 46.2. The fourth-order valence-corrected chi connectivity index (χ4v) is 11.4. The molecule has 0 saturated heterocycles. The highest BCUT2D eigenvalue weighted by atomic mass is 16.3. The molecule has 0 aliphatic heterocycles. The van der Waals surface area contributed by atoms with Crippen molar-refractivity contribution in [2.45, 2.75) is 0 Å². The summed E-state index contributed by atoms with van der Waals surface area (Å²) in [4.78, 5) is 14.3.